The van der Waals surface area contributed by atoms with Gasteiger partial charge in [-0.3, -0.25) is 0 Å². The highest BCUT2D eigenvalue weighted by molar-refractivity contribution is 7.26. The first-order valence-electron chi connectivity index (χ1n) is 18.2. The largest absolute Gasteiger partial charge is 0.309 e. The Balaban J connectivity index is 1.08. The number of fused-ring (bicyclic) bond motifs is 12. The zero-order valence-electron chi connectivity index (χ0n) is 28.6. The number of aromatic nitrogens is 2. The normalized spacial score (nSPS) is 12.2. The van der Waals surface area contributed by atoms with Crippen molar-refractivity contribution in [3.05, 3.63) is 182 Å². The number of hydrogen-bond acceptors (Lipinski definition) is 1. The van der Waals surface area contributed by atoms with Crippen molar-refractivity contribution in [3.63, 3.8) is 0 Å². The molecule has 246 valence electrons. The lowest BCUT2D eigenvalue weighted by Crippen LogP contribution is -1.96. The molecule has 12 aromatic rings. The predicted octanol–water partition coefficient (Wildman–Crippen LogP) is 14.2. The van der Waals surface area contributed by atoms with Crippen molar-refractivity contribution in [1.29, 1.82) is 0 Å². The van der Waals surface area contributed by atoms with E-state index >= 15 is 0 Å². The Hall–Kier alpha value is -6.68. The van der Waals surface area contributed by atoms with Gasteiger partial charge in [0.2, 0.25) is 0 Å². The lowest BCUT2D eigenvalue weighted by molar-refractivity contribution is 1.17. The van der Waals surface area contributed by atoms with Crippen molar-refractivity contribution in [2.75, 3.05) is 0 Å². The summed E-state index contributed by atoms with van der Waals surface area (Å²) < 4.78 is 7.57. The maximum atomic E-state index is 2.45. The first-order valence-corrected chi connectivity index (χ1v) is 19.0. The van der Waals surface area contributed by atoms with Gasteiger partial charge in [0.05, 0.1) is 22.1 Å². The third-order valence-electron chi connectivity index (χ3n) is 11.3. The molecule has 0 N–H and O–H groups in total. The van der Waals surface area contributed by atoms with Gasteiger partial charge in [0, 0.05) is 53.1 Å². The standard InChI is InChI=1S/C50H30N2S/c1-2-11-36-31(10-1)20-21-33-28-35(26-27-37(33)36)52-46-18-7-4-13-40(46)44-29-43-39-12-3-6-17-45(39)51(47(43)30-48(44)52)34-24-22-32(23-25-34)38-15-9-16-42-41-14-5-8-19-49(41)53-50(38)42/h1-30H. The maximum absolute atomic E-state index is 2.45. The van der Waals surface area contributed by atoms with E-state index in [-0.39, 0.29) is 0 Å². The molecule has 0 radical (unpaired) electrons. The van der Waals surface area contributed by atoms with Crippen molar-refractivity contribution in [1.82, 2.24) is 9.13 Å². The molecule has 0 unspecified atom stereocenters. The van der Waals surface area contributed by atoms with Crippen molar-refractivity contribution in [2.45, 2.75) is 0 Å². The summed E-state index contributed by atoms with van der Waals surface area (Å²) in [5, 5.41) is 12.8. The van der Waals surface area contributed by atoms with E-state index in [0.717, 1.165) is 5.69 Å². The Morgan fingerprint density at radius 2 is 0.906 bits per heavy atom. The van der Waals surface area contributed by atoms with Crippen LogP contribution < -0.4 is 0 Å². The van der Waals surface area contributed by atoms with Crippen LogP contribution in [0.15, 0.2) is 182 Å². The molecule has 3 heteroatoms. The van der Waals surface area contributed by atoms with E-state index in [1.807, 2.05) is 11.3 Å². The fraction of sp³-hybridized carbons (Fsp3) is 0. The lowest BCUT2D eigenvalue weighted by atomic mass is 10.0. The summed E-state index contributed by atoms with van der Waals surface area (Å²) in [6.07, 6.45) is 0. The summed E-state index contributed by atoms with van der Waals surface area (Å²) >= 11 is 1.88. The minimum atomic E-state index is 1.16. The van der Waals surface area contributed by atoms with Gasteiger partial charge in [-0.15, -0.1) is 11.3 Å². The van der Waals surface area contributed by atoms with E-state index in [0.29, 0.717) is 0 Å². The molecular weight excluding hydrogens is 661 g/mol. The number of benzene rings is 9. The second kappa shape index (κ2) is 10.9. The van der Waals surface area contributed by atoms with Gasteiger partial charge in [0.1, 0.15) is 0 Å². The van der Waals surface area contributed by atoms with E-state index in [4.69, 9.17) is 0 Å². The summed E-state index contributed by atoms with van der Waals surface area (Å²) in [6.45, 7) is 0. The van der Waals surface area contributed by atoms with Crippen LogP contribution in [-0.2, 0) is 0 Å². The Morgan fingerprint density at radius 1 is 0.321 bits per heavy atom. The zero-order chi connectivity index (χ0) is 34.6. The Labute approximate surface area is 309 Å². The van der Waals surface area contributed by atoms with E-state index in [2.05, 4.69) is 191 Å². The Bertz CT molecular complexity index is 3450. The average Bonchev–Trinajstić information content (AvgIpc) is 3.87. The van der Waals surface area contributed by atoms with Gasteiger partial charge in [-0.25, -0.2) is 0 Å². The van der Waals surface area contributed by atoms with Crippen molar-refractivity contribution >= 4 is 96.7 Å². The lowest BCUT2D eigenvalue weighted by Gasteiger charge is -2.12. The van der Waals surface area contributed by atoms with Crippen LogP contribution >= 0.6 is 11.3 Å². The van der Waals surface area contributed by atoms with E-state index in [1.165, 1.54) is 102 Å². The van der Waals surface area contributed by atoms with Gasteiger partial charge in [0.25, 0.3) is 0 Å². The highest BCUT2D eigenvalue weighted by atomic mass is 32.1. The van der Waals surface area contributed by atoms with Gasteiger partial charge in [0.15, 0.2) is 0 Å². The summed E-state index contributed by atoms with van der Waals surface area (Å²) in [7, 11) is 0. The molecule has 53 heavy (non-hydrogen) atoms. The van der Waals surface area contributed by atoms with Crippen LogP contribution in [0.3, 0.4) is 0 Å². The molecule has 0 aliphatic carbocycles. The van der Waals surface area contributed by atoms with Gasteiger partial charge in [-0.1, -0.05) is 127 Å². The fourth-order valence-corrected chi connectivity index (χ4v) is 10.1. The second-order valence-corrected chi connectivity index (χ2v) is 15.2. The highest BCUT2D eigenvalue weighted by Crippen LogP contribution is 2.42. The van der Waals surface area contributed by atoms with Crippen LogP contribution in [0.2, 0.25) is 0 Å². The van der Waals surface area contributed by atoms with E-state index in [1.54, 1.807) is 0 Å². The minimum absolute atomic E-state index is 1.16. The Kier molecular flexibility index (Phi) is 5.96. The first kappa shape index (κ1) is 29.0. The number of hydrogen-bond donors (Lipinski definition) is 0. The average molecular weight is 691 g/mol. The van der Waals surface area contributed by atoms with Crippen LogP contribution in [0.5, 0.6) is 0 Å². The topological polar surface area (TPSA) is 9.86 Å². The van der Waals surface area contributed by atoms with Crippen LogP contribution in [-0.4, -0.2) is 9.13 Å². The maximum Gasteiger partial charge on any atom is 0.0562 e. The Morgan fingerprint density at radius 3 is 1.68 bits per heavy atom. The number of nitrogens with zero attached hydrogens (tertiary/aromatic N) is 2. The van der Waals surface area contributed by atoms with Crippen molar-refractivity contribution in [2.24, 2.45) is 0 Å². The summed E-state index contributed by atoms with van der Waals surface area (Å²) in [5.74, 6) is 0. The molecule has 0 spiro atoms. The molecule has 0 fully saturated rings. The van der Waals surface area contributed by atoms with E-state index in [9.17, 15) is 0 Å². The monoisotopic (exact) mass is 690 g/mol. The second-order valence-electron chi connectivity index (χ2n) is 14.1. The summed E-state index contributed by atoms with van der Waals surface area (Å²) in [5.41, 5.74) is 9.67. The van der Waals surface area contributed by atoms with Crippen LogP contribution in [0.4, 0.5) is 0 Å². The molecule has 0 saturated carbocycles. The molecule has 0 aliphatic rings. The van der Waals surface area contributed by atoms with Crippen molar-refractivity contribution in [3.8, 4) is 22.5 Å². The molecule has 0 amide bonds. The van der Waals surface area contributed by atoms with Crippen LogP contribution in [0.1, 0.15) is 0 Å². The highest BCUT2D eigenvalue weighted by Gasteiger charge is 2.19. The van der Waals surface area contributed by atoms with Gasteiger partial charge in [-0.05, 0) is 87.3 Å². The van der Waals surface area contributed by atoms with Gasteiger partial charge >= 0.3 is 0 Å². The molecule has 12 rings (SSSR count). The number of rotatable bonds is 3. The molecule has 3 aromatic heterocycles. The SMILES string of the molecule is c1ccc2c(c1)ccc1cc(-n3c4ccccc4c4cc5c6ccccc6n(-c6ccc(-c7cccc8c7sc7ccccc78)cc6)c5cc43)ccc12. The van der Waals surface area contributed by atoms with Crippen molar-refractivity contribution < 1.29 is 0 Å². The number of thiophene rings is 1. The minimum Gasteiger partial charge on any atom is -0.309 e. The first-order chi connectivity index (χ1) is 26.3. The number of para-hydroxylation sites is 2. The summed E-state index contributed by atoms with van der Waals surface area (Å²) in [4.78, 5) is 0. The molecule has 9 aromatic carbocycles. The molecule has 0 bridgehead atoms. The third kappa shape index (κ3) is 4.14. The van der Waals surface area contributed by atoms with Gasteiger partial charge in [-0.2, -0.15) is 0 Å². The molecule has 2 nitrogen and oxygen atoms in total. The smallest absolute Gasteiger partial charge is 0.0562 e. The zero-order valence-corrected chi connectivity index (χ0v) is 29.4. The molecule has 0 atom stereocenters. The van der Waals surface area contributed by atoms with Crippen LogP contribution in [0.25, 0.3) is 108 Å². The van der Waals surface area contributed by atoms with Crippen LogP contribution in [0, 0.1) is 0 Å². The third-order valence-corrected chi connectivity index (χ3v) is 12.5. The molecular formula is C50H30N2S. The quantitative estimate of drug-likeness (QED) is 0.163. The fourth-order valence-electron chi connectivity index (χ4n) is 8.89. The molecule has 0 saturated heterocycles. The molecule has 0 aliphatic heterocycles. The van der Waals surface area contributed by atoms with Gasteiger partial charge < -0.3 is 9.13 Å². The molecule has 3 heterocycles. The summed E-state index contributed by atoms with van der Waals surface area (Å²) in [6, 6.07) is 67.2. The predicted molar refractivity (Wildman–Crippen MR) is 228 cm³/mol. The van der Waals surface area contributed by atoms with E-state index < -0.39 is 0 Å².